The lowest BCUT2D eigenvalue weighted by Gasteiger charge is -2.15. The van der Waals surface area contributed by atoms with Crippen LogP contribution in [-0.4, -0.2) is 35.8 Å². The first-order chi connectivity index (χ1) is 9.15. The van der Waals surface area contributed by atoms with Crippen LogP contribution in [0, 0.1) is 0 Å². The molecule has 6 nitrogen and oxygen atoms in total. The van der Waals surface area contributed by atoms with Gasteiger partial charge in [-0.05, 0) is 31.0 Å². The van der Waals surface area contributed by atoms with Crippen LogP contribution in [0.1, 0.15) is 18.5 Å². The zero-order valence-electron chi connectivity index (χ0n) is 10.5. The maximum absolute atomic E-state index is 12.0. The fraction of sp³-hybridized carbons (Fsp3) is 0.417. The van der Waals surface area contributed by atoms with E-state index in [1.807, 2.05) is 24.4 Å². The highest BCUT2D eigenvalue weighted by atomic mass is 32.2. The fourth-order valence-corrected chi connectivity index (χ4v) is 3.51. The molecular formula is C12H16N4O2S. The van der Waals surface area contributed by atoms with Crippen molar-refractivity contribution in [2.75, 3.05) is 13.1 Å². The number of H-pyrrole nitrogens is 1. The molecule has 0 saturated carbocycles. The molecule has 0 amide bonds. The Morgan fingerprint density at radius 2 is 2.05 bits per heavy atom. The van der Waals surface area contributed by atoms with Gasteiger partial charge in [-0.2, -0.15) is 17.4 Å². The summed E-state index contributed by atoms with van der Waals surface area (Å²) in [5.41, 5.74) is 1.48. The first-order valence-electron chi connectivity index (χ1n) is 6.33. The van der Waals surface area contributed by atoms with Gasteiger partial charge in [0.05, 0.1) is 12.2 Å². The lowest BCUT2D eigenvalue weighted by atomic mass is 10.3. The van der Waals surface area contributed by atoms with Gasteiger partial charge >= 0.3 is 0 Å². The number of fused-ring (bicyclic) bond motifs is 1. The molecule has 0 atom stereocenters. The molecule has 0 aliphatic carbocycles. The van der Waals surface area contributed by atoms with E-state index >= 15 is 0 Å². The van der Waals surface area contributed by atoms with Crippen molar-refractivity contribution in [1.82, 2.24) is 19.0 Å². The van der Waals surface area contributed by atoms with Gasteiger partial charge in [0.1, 0.15) is 5.65 Å². The van der Waals surface area contributed by atoms with Crippen LogP contribution < -0.4 is 4.72 Å². The summed E-state index contributed by atoms with van der Waals surface area (Å²) in [6.07, 6.45) is 3.69. The van der Waals surface area contributed by atoms with E-state index in [1.54, 1.807) is 0 Å². The highest BCUT2D eigenvalue weighted by Crippen LogP contribution is 2.13. The van der Waals surface area contributed by atoms with Crippen molar-refractivity contribution in [3.8, 4) is 0 Å². The smallest absolute Gasteiger partial charge is 0.279 e. The summed E-state index contributed by atoms with van der Waals surface area (Å²) in [5, 5.41) is 1.02. The summed E-state index contributed by atoms with van der Waals surface area (Å²) in [6.45, 7) is 1.44. The van der Waals surface area contributed by atoms with E-state index in [0.29, 0.717) is 18.8 Å². The average molecular weight is 280 g/mol. The maximum atomic E-state index is 12.0. The van der Waals surface area contributed by atoms with Crippen LogP contribution >= 0.6 is 0 Å². The third-order valence-corrected chi connectivity index (χ3v) is 4.86. The first kappa shape index (κ1) is 12.6. The molecule has 0 bridgehead atoms. The minimum Gasteiger partial charge on any atom is -0.346 e. The Kier molecular flexibility index (Phi) is 3.26. The number of aromatic amines is 1. The first-order valence-corrected chi connectivity index (χ1v) is 7.77. The summed E-state index contributed by atoms with van der Waals surface area (Å²) in [7, 11) is -3.36. The Balaban J connectivity index is 1.71. The number of hydrogen-bond acceptors (Lipinski definition) is 3. The fourth-order valence-electron chi connectivity index (χ4n) is 2.25. The minimum atomic E-state index is -3.36. The van der Waals surface area contributed by atoms with E-state index in [4.69, 9.17) is 0 Å². The molecule has 1 saturated heterocycles. The molecule has 19 heavy (non-hydrogen) atoms. The Morgan fingerprint density at radius 3 is 2.84 bits per heavy atom. The van der Waals surface area contributed by atoms with Crippen molar-refractivity contribution >= 4 is 21.2 Å². The Morgan fingerprint density at radius 1 is 1.26 bits per heavy atom. The van der Waals surface area contributed by atoms with Gasteiger partial charge in [-0.15, -0.1) is 0 Å². The molecule has 7 heteroatoms. The molecule has 2 N–H and O–H groups in total. The van der Waals surface area contributed by atoms with Crippen LogP contribution in [0.15, 0.2) is 24.4 Å². The van der Waals surface area contributed by atoms with Crippen LogP contribution in [0.25, 0.3) is 11.0 Å². The Labute approximate surface area is 112 Å². The number of pyridine rings is 1. The van der Waals surface area contributed by atoms with Crippen molar-refractivity contribution in [3.63, 3.8) is 0 Å². The quantitative estimate of drug-likeness (QED) is 0.876. The number of nitrogens with one attached hydrogen (secondary N) is 2. The summed E-state index contributed by atoms with van der Waals surface area (Å²) in [6, 6.07) is 5.70. The molecule has 1 aliphatic rings. The van der Waals surface area contributed by atoms with Crippen LogP contribution in [0.2, 0.25) is 0 Å². The lowest BCUT2D eigenvalue weighted by molar-refractivity contribution is 0.464. The van der Waals surface area contributed by atoms with Crippen LogP contribution in [0.3, 0.4) is 0 Å². The second-order valence-electron chi connectivity index (χ2n) is 4.65. The predicted octanol–water partition coefficient (Wildman–Crippen LogP) is 0.993. The molecule has 0 aromatic carbocycles. The third kappa shape index (κ3) is 2.63. The summed E-state index contributed by atoms with van der Waals surface area (Å²) < 4.78 is 28.1. The van der Waals surface area contributed by atoms with Gasteiger partial charge in [-0.1, -0.05) is 0 Å². The van der Waals surface area contributed by atoms with Crippen molar-refractivity contribution in [2.24, 2.45) is 0 Å². The van der Waals surface area contributed by atoms with E-state index < -0.39 is 10.2 Å². The third-order valence-electron chi connectivity index (χ3n) is 3.31. The van der Waals surface area contributed by atoms with E-state index in [2.05, 4.69) is 14.7 Å². The number of nitrogens with zero attached hydrogens (tertiary/aromatic N) is 2. The van der Waals surface area contributed by atoms with Crippen LogP contribution in [0.5, 0.6) is 0 Å². The largest absolute Gasteiger partial charge is 0.346 e. The average Bonchev–Trinajstić information content (AvgIpc) is 3.07. The SMILES string of the molecule is O=S(=O)(NCc1ccc2cc[nH]c2n1)N1CCCC1. The molecule has 3 heterocycles. The van der Waals surface area contributed by atoms with Gasteiger partial charge in [0.25, 0.3) is 10.2 Å². The van der Waals surface area contributed by atoms with Gasteiger partial charge in [0, 0.05) is 24.7 Å². The van der Waals surface area contributed by atoms with Gasteiger partial charge < -0.3 is 4.98 Å². The van der Waals surface area contributed by atoms with Crippen molar-refractivity contribution in [2.45, 2.75) is 19.4 Å². The molecule has 0 radical (unpaired) electrons. The molecule has 1 aliphatic heterocycles. The van der Waals surface area contributed by atoms with Crippen LogP contribution in [0.4, 0.5) is 0 Å². The van der Waals surface area contributed by atoms with E-state index in [-0.39, 0.29) is 6.54 Å². The Bertz CT molecular complexity index is 674. The molecule has 2 aromatic heterocycles. The molecular weight excluding hydrogens is 264 g/mol. The lowest BCUT2D eigenvalue weighted by Crippen LogP contribution is -2.38. The minimum absolute atomic E-state index is 0.216. The summed E-state index contributed by atoms with van der Waals surface area (Å²) >= 11 is 0. The molecule has 2 aromatic rings. The van der Waals surface area contributed by atoms with Crippen molar-refractivity contribution in [1.29, 1.82) is 0 Å². The van der Waals surface area contributed by atoms with Gasteiger partial charge in [-0.25, -0.2) is 4.98 Å². The standard InChI is InChI=1S/C12H16N4O2S/c17-19(18,16-7-1-2-8-16)14-9-11-4-3-10-5-6-13-12(10)15-11/h3-6,14H,1-2,7-9H2,(H,13,15). The topological polar surface area (TPSA) is 78.1 Å². The van der Waals surface area contributed by atoms with Crippen molar-refractivity contribution < 1.29 is 8.42 Å². The maximum Gasteiger partial charge on any atom is 0.279 e. The van der Waals surface area contributed by atoms with Gasteiger partial charge in [0.15, 0.2) is 0 Å². The second kappa shape index (κ2) is 4.92. The van der Waals surface area contributed by atoms with Gasteiger partial charge in [-0.3, -0.25) is 0 Å². The van der Waals surface area contributed by atoms with Crippen molar-refractivity contribution in [3.05, 3.63) is 30.1 Å². The number of rotatable bonds is 4. The van der Waals surface area contributed by atoms with E-state index in [9.17, 15) is 8.42 Å². The Hall–Kier alpha value is -1.44. The van der Waals surface area contributed by atoms with Crippen LogP contribution in [-0.2, 0) is 16.8 Å². The normalized spacial score (nSPS) is 17.3. The monoisotopic (exact) mass is 280 g/mol. The highest BCUT2D eigenvalue weighted by molar-refractivity contribution is 7.87. The number of hydrogen-bond donors (Lipinski definition) is 2. The highest BCUT2D eigenvalue weighted by Gasteiger charge is 2.24. The zero-order valence-corrected chi connectivity index (χ0v) is 11.3. The van der Waals surface area contributed by atoms with E-state index in [1.165, 1.54) is 4.31 Å². The summed E-state index contributed by atoms with van der Waals surface area (Å²) in [4.78, 5) is 7.38. The van der Waals surface area contributed by atoms with E-state index in [0.717, 1.165) is 23.9 Å². The summed E-state index contributed by atoms with van der Waals surface area (Å²) in [5.74, 6) is 0. The predicted molar refractivity (Wildman–Crippen MR) is 72.7 cm³/mol. The zero-order chi connectivity index (χ0) is 13.3. The molecule has 0 unspecified atom stereocenters. The molecule has 0 spiro atoms. The molecule has 3 rings (SSSR count). The number of aromatic nitrogens is 2. The second-order valence-corrected chi connectivity index (χ2v) is 6.41. The molecule has 102 valence electrons. The van der Waals surface area contributed by atoms with Gasteiger partial charge in [0.2, 0.25) is 0 Å². The molecule has 1 fully saturated rings.